The zero-order valence-electron chi connectivity index (χ0n) is 11.1. The van der Waals surface area contributed by atoms with E-state index < -0.39 is 0 Å². The molecule has 1 aromatic carbocycles. The average molecular weight is 273 g/mol. The zero-order chi connectivity index (χ0) is 13.8. The number of aromatic nitrogens is 3. The monoisotopic (exact) mass is 273 g/mol. The maximum Gasteiger partial charge on any atom is 0.244 e. The Bertz CT molecular complexity index is 605. The predicted molar refractivity (Wildman–Crippen MR) is 74.5 cm³/mol. The summed E-state index contributed by atoms with van der Waals surface area (Å²) in [4.78, 5) is 4.33. The van der Waals surface area contributed by atoms with Gasteiger partial charge in [0.25, 0.3) is 0 Å². The third-order valence-corrected chi connectivity index (χ3v) is 2.74. The van der Waals surface area contributed by atoms with Gasteiger partial charge in [-0.15, -0.1) is 5.10 Å². The van der Waals surface area contributed by atoms with Crippen LogP contribution >= 0.6 is 0 Å². The van der Waals surface area contributed by atoms with Crippen LogP contribution in [0.4, 0.5) is 17.5 Å². The number of nitrogens with zero attached hydrogens (tertiary/aromatic N) is 3. The van der Waals surface area contributed by atoms with Crippen LogP contribution in [-0.2, 0) is 0 Å². The SMILES string of the molecule is CCCNc1nncc(Nc2ccc3c(c2)OCO3)n1. The number of rotatable bonds is 5. The Morgan fingerprint density at radius 2 is 2.15 bits per heavy atom. The Labute approximate surface area is 116 Å². The molecule has 104 valence electrons. The van der Waals surface area contributed by atoms with Crippen molar-refractivity contribution >= 4 is 17.5 Å². The molecule has 0 unspecified atom stereocenters. The van der Waals surface area contributed by atoms with E-state index in [1.54, 1.807) is 6.20 Å². The van der Waals surface area contributed by atoms with Gasteiger partial charge >= 0.3 is 0 Å². The van der Waals surface area contributed by atoms with Gasteiger partial charge in [0.15, 0.2) is 17.3 Å². The van der Waals surface area contributed by atoms with Gasteiger partial charge in [-0.2, -0.15) is 10.1 Å². The van der Waals surface area contributed by atoms with E-state index in [0.29, 0.717) is 11.8 Å². The van der Waals surface area contributed by atoms with Gasteiger partial charge in [-0.05, 0) is 18.6 Å². The van der Waals surface area contributed by atoms with E-state index in [-0.39, 0.29) is 6.79 Å². The van der Waals surface area contributed by atoms with Gasteiger partial charge in [-0.3, -0.25) is 0 Å². The molecule has 0 saturated heterocycles. The largest absolute Gasteiger partial charge is 0.454 e. The Kier molecular flexibility index (Phi) is 3.49. The van der Waals surface area contributed by atoms with Crippen LogP contribution in [-0.4, -0.2) is 28.5 Å². The van der Waals surface area contributed by atoms with E-state index in [4.69, 9.17) is 9.47 Å². The van der Waals surface area contributed by atoms with E-state index in [2.05, 4.69) is 32.7 Å². The Balaban J connectivity index is 1.74. The van der Waals surface area contributed by atoms with Crippen LogP contribution < -0.4 is 20.1 Å². The first kappa shape index (κ1) is 12.5. The summed E-state index contributed by atoms with van der Waals surface area (Å²) in [6, 6.07) is 5.62. The first-order valence-corrected chi connectivity index (χ1v) is 6.45. The molecule has 0 saturated carbocycles. The fourth-order valence-electron chi connectivity index (χ4n) is 1.80. The molecule has 1 aromatic heterocycles. The highest BCUT2D eigenvalue weighted by Crippen LogP contribution is 2.34. The van der Waals surface area contributed by atoms with Crippen LogP contribution in [0.15, 0.2) is 24.4 Å². The van der Waals surface area contributed by atoms with Gasteiger partial charge in [-0.1, -0.05) is 6.92 Å². The number of nitrogens with one attached hydrogen (secondary N) is 2. The van der Waals surface area contributed by atoms with Gasteiger partial charge in [0.05, 0.1) is 6.20 Å². The first-order valence-electron chi connectivity index (χ1n) is 6.45. The van der Waals surface area contributed by atoms with E-state index in [0.717, 1.165) is 30.2 Å². The van der Waals surface area contributed by atoms with Crippen molar-refractivity contribution in [2.75, 3.05) is 24.0 Å². The molecule has 7 nitrogen and oxygen atoms in total. The maximum absolute atomic E-state index is 5.33. The highest BCUT2D eigenvalue weighted by Gasteiger charge is 2.13. The van der Waals surface area contributed by atoms with E-state index in [9.17, 15) is 0 Å². The van der Waals surface area contributed by atoms with Crippen molar-refractivity contribution in [3.05, 3.63) is 24.4 Å². The smallest absolute Gasteiger partial charge is 0.244 e. The van der Waals surface area contributed by atoms with E-state index in [1.165, 1.54) is 0 Å². The summed E-state index contributed by atoms with van der Waals surface area (Å²) in [6.45, 7) is 3.16. The highest BCUT2D eigenvalue weighted by atomic mass is 16.7. The number of hydrogen-bond donors (Lipinski definition) is 2. The lowest BCUT2D eigenvalue weighted by Gasteiger charge is -2.07. The fraction of sp³-hybridized carbons (Fsp3) is 0.308. The molecule has 0 amide bonds. The molecule has 1 aliphatic rings. The Morgan fingerprint density at radius 3 is 3.05 bits per heavy atom. The van der Waals surface area contributed by atoms with Crippen LogP contribution in [0, 0.1) is 0 Å². The first-order chi connectivity index (χ1) is 9.85. The maximum atomic E-state index is 5.33. The van der Waals surface area contributed by atoms with Crippen molar-refractivity contribution in [2.45, 2.75) is 13.3 Å². The van der Waals surface area contributed by atoms with Gasteiger partial charge in [0.2, 0.25) is 12.7 Å². The Morgan fingerprint density at radius 1 is 1.25 bits per heavy atom. The Hall–Kier alpha value is -2.57. The number of fused-ring (bicyclic) bond motifs is 1. The minimum atomic E-state index is 0.263. The molecule has 0 bridgehead atoms. The molecule has 0 fully saturated rings. The van der Waals surface area contributed by atoms with Crippen molar-refractivity contribution in [3.63, 3.8) is 0 Å². The molecule has 1 aliphatic heterocycles. The lowest BCUT2D eigenvalue weighted by atomic mass is 10.3. The van der Waals surface area contributed by atoms with Crippen molar-refractivity contribution in [1.29, 1.82) is 0 Å². The standard InChI is InChI=1S/C13H15N5O2/c1-2-5-14-13-17-12(7-15-18-13)16-9-3-4-10-11(6-9)20-8-19-10/h3-4,6-7H,2,5,8H2,1H3,(H2,14,16,17,18). The summed E-state index contributed by atoms with van der Waals surface area (Å²) >= 11 is 0. The third-order valence-electron chi connectivity index (χ3n) is 2.74. The molecule has 20 heavy (non-hydrogen) atoms. The van der Waals surface area contributed by atoms with Gasteiger partial charge in [0, 0.05) is 18.3 Å². The quantitative estimate of drug-likeness (QED) is 0.863. The molecule has 2 aromatic rings. The molecule has 2 heterocycles. The topological polar surface area (TPSA) is 81.2 Å². The number of ether oxygens (including phenoxy) is 2. The van der Waals surface area contributed by atoms with Crippen molar-refractivity contribution in [3.8, 4) is 11.5 Å². The minimum absolute atomic E-state index is 0.263. The van der Waals surface area contributed by atoms with Crippen LogP contribution in [0.25, 0.3) is 0 Å². The molecule has 0 atom stereocenters. The second-order valence-electron chi connectivity index (χ2n) is 4.29. The highest BCUT2D eigenvalue weighted by molar-refractivity contribution is 5.61. The second-order valence-corrected chi connectivity index (χ2v) is 4.29. The molecule has 0 spiro atoms. The summed E-state index contributed by atoms with van der Waals surface area (Å²) in [6.07, 6.45) is 2.57. The molecule has 0 aliphatic carbocycles. The molecular formula is C13H15N5O2. The second kappa shape index (κ2) is 5.60. The van der Waals surface area contributed by atoms with Crippen LogP contribution in [0.1, 0.15) is 13.3 Å². The summed E-state index contributed by atoms with van der Waals surface area (Å²) < 4.78 is 10.6. The van der Waals surface area contributed by atoms with Crippen LogP contribution in [0.5, 0.6) is 11.5 Å². The van der Waals surface area contributed by atoms with Crippen molar-refractivity contribution in [1.82, 2.24) is 15.2 Å². The molecule has 7 heteroatoms. The summed E-state index contributed by atoms with van der Waals surface area (Å²) in [5, 5.41) is 14.1. The summed E-state index contributed by atoms with van der Waals surface area (Å²) in [5.74, 6) is 2.61. The third kappa shape index (κ3) is 2.71. The van der Waals surface area contributed by atoms with E-state index >= 15 is 0 Å². The van der Waals surface area contributed by atoms with E-state index in [1.807, 2.05) is 18.2 Å². The van der Waals surface area contributed by atoms with Crippen LogP contribution in [0.2, 0.25) is 0 Å². The molecule has 0 radical (unpaired) electrons. The van der Waals surface area contributed by atoms with Crippen molar-refractivity contribution < 1.29 is 9.47 Å². The van der Waals surface area contributed by atoms with Gasteiger partial charge in [0.1, 0.15) is 0 Å². The van der Waals surface area contributed by atoms with Crippen molar-refractivity contribution in [2.24, 2.45) is 0 Å². The minimum Gasteiger partial charge on any atom is -0.454 e. The molecular weight excluding hydrogens is 258 g/mol. The zero-order valence-corrected chi connectivity index (χ0v) is 11.1. The fourth-order valence-corrected chi connectivity index (χ4v) is 1.80. The van der Waals surface area contributed by atoms with Gasteiger partial charge in [-0.25, -0.2) is 0 Å². The molecule has 2 N–H and O–H groups in total. The summed E-state index contributed by atoms with van der Waals surface area (Å²) in [5.41, 5.74) is 0.858. The number of hydrogen-bond acceptors (Lipinski definition) is 7. The number of benzene rings is 1. The van der Waals surface area contributed by atoms with Gasteiger partial charge < -0.3 is 20.1 Å². The van der Waals surface area contributed by atoms with Crippen LogP contribution in [0.3, 0.4) is 0 Å². The normalized spacial score (nSPS) is 12.2. The number of anilines is 3. The summed E-state index contributed by atoms with van der Waals surface area (Å²) in [7, 11) is 0. The lowest BCUT2D eigenvalue weighted by molar-refractivity contribution is 0.174. The predicted octanol–water partition coefficient (Wildman–Crippen LogP) is 2.17. The molecule has 3 rings (SSSR count). The lowest BCUT2D eigenvalue weighted by Crippen LogP contribution is -2.06. The average Bonchev–Trinajstić information content (AvgIpc) is 2.93.